The summed E-state index contributed by atoms with van der Waals surface area (Å²) in [4.78, 5) is 38.4. The molecule has 0 atom stereocenters. The summed E-state index contributed by atoms with van der Waals surface area (Å²) in [7, 11) is 0. The molecule has 0 radical (unpaired) electrons. The molecule has 0 aliphatic heterocycles. The van der Waals surface area contributed by atoms with Gasteiger partial charge >= 0.3 is 6.09 Å². The first kappa shape index (κ1) is 25.4. The van der Waals surface area contributed by atoms with Crippen molar-refractivity contribution in [2.45, 2.75) is 45.1 Å². The number of carbonyl (C=O) groups is 2. The molecule has 9 nitrogen and oxygen atoms in total. The Morgan fingerprint density at radius 3 is 2.52 bits per heavy atom. The highest BCUT2D eigenvalue weighted by Crippen LogP contribution is 2.43. The molecule has 2 aromatic carbocycles. The molecule has 3 N–H and O–H groups in total. The smallest absolute Gasteiger partial charge is 0.413 e. The van der Waals surface area contributed by atoms with Crippen molar-refractivity contribution in [2.24, 2.45) is 5.73 Å². The molecule has 1 aliphatic carbocycles. The Hall–Kier alpha value is -4.86. The maximum atomic E-state index is 14.7. The van der Waals surface area contributed by atoms with Crippen LogP contribution in [0.25, 0.3) is 38.8 Å². The van der Waals surface area contributed by atoms with E-state index in [0.717, 1.165) is 18.7 Å². The molecule has 5 aromatic rings. The second-order valence-corrected chi connectivity index (χ2v) is 10.9. The number of aromatic nitrogens is 4. The molecule has 1 aliphatic rings. The van der Waals surface area contributed by atoms with Gasteiger partial charge in [-0.3, -0.25) is 19.7 Å². The number of rotatable bonds is 5. The lowest BCUT2D eigenvalue weighted by molar-refractivity contribution is 0.0635. The standard InChI is InChI=1S/C30H27FN6O3/c1-30(2,3)40-29(39)35-24-15-17(9-11-33-24)18-13-20(27(32)38)26-23(14-18)37(28(36-26)16-7-8-16)22-10-12-34-25-19(22)5-4-6-21(25)31/h4-6,9-16H,7-8H2,1-3H3,(H2,32,38)(H,33,35,39). The molecule has 40 heavy (non-hydrogen) atoms. The molecule has 6 rings (SSSR count). The van der Waals surface area contributed by atoms with Gasteiger partial charge in [-0.1, -0.05) is 12.1 Å². The number of hydrogen-bond donors (Lipinski definition) is 2. The van der Waals surface area contributed by atoms with E-state index in [-0.39, 0.29) is 22.8 Å². The van der Waals surface area contributed by atoms with Crippen molar-refractivity contribution in [2.75, 3.05) is 5.32 Å². The molecule has 0 spiro atoms. The lowest BCUT2D eigenvalue weighted by Gasteiger charge is -2.19. The summed E-state index contributed by atoms with van der Waals surface area (Å²) in [5.74, 6) is 0.241. The van der Waals surface area contributed by atoms with Gasteiger partial charge in [0.1, 0.15) is 34.1 Å². The zero-order valence-corrected chi connectivity index (χ0v) is 22.2. The predicted molar refractivity (Wildman–Crippen MR) is 150 cm³/mol. The number of anilines is 1. The number of fused-ring (bicyclic) bond motifs is 2. The fourth-order valence-electron chi connectivity index (χ4n) is 4.83. The maximum absolute atomic E-state index is 14.7. The normalized spacial score (nSPS) is 13.5. The number of nitrogens with zero attached hydrogens (tertiary/aromatic N) is 4. The Morgan fingerprint density at radius 2 is 1.80 bits per heavy atom. The van der Waals surface area contributed by atoms with Gasteiger partial charge in [-0.2, -0.15) is 0 Å². The number of para-hydroxylation sites is 1. The van der Waals surface area contributed by atoms with Gasteiger partial charge in [-0.15, -0.1) is 0 Å². The first-order valence-corrected chi connectivity index (χ1v) is 13.0. The quantitative estimate of drug-likeness (QED) is 0.279. The Labute approximate surface area is 229 Å². The van der Waals surface area contributed by atoms with Gasteiger partial charge in [0, 0.05) is 23.7 Å². The minimum atomic E-state index is -0.666. The van der Waals surface area contributed by atoms with E-state index in [1.165, 1.54) is 6.07 Å². The third kappa shape index (κ3) is 4.72. The van der Waals surface area contributed by atoms with Crippen LogP contribution in [0, 0.1) is 5.82 Å². The molecule has 1 saturated carbocycles. The number of primary amides is 1. The number of benzene rings is 2. The molecule has 2 amide bonds. The first-order chi connectivity index (χ1) is 19.1. The van der Waals surface area contributed by atoms with Crippen LogP contribution in [-0.4, -0.2) is 37.1 Å². The minimum absolute atomic E-state index is 0.207. The summed E-state index contributed by atoms with van der Waals surface area (Å²) in [6.07, 6.45) is 4.42. The van der Waals surface area contributed by atoms with Gasteiger partial charge in [-0.05, 0) is 81.1 Å². The Kier molecular flexibility index (Phi) is 5.98. The van der Waals surface area contributed by atoms with Gasteiger partial charge in [-0.25, -0.2) is 19.2 Å². The molecule has 10 heteroatoms. The van der Waals surface area contributed by atoms with Crippen molar-refractivity contribution in [3.8, 4) is 16.8 Å². The van der Waals surface area contributed by atoms with E-state index in [9.17, 15) is 14.0 Å². The molecule has 0 bridgehead atoms. The summed E-state index contributed by atoms with van der Waals surface area (Å²) in [5.41, 5.74) is 8.90. The highest BCUT2D eigenvalue weighted by Gasteiger charge is 2.32. The highest BCUT2D eigenvalue weighted by atomic mass is 19.1. The Morgan fingerprint density at radius 1 is 1.02 bits per heavy atom. The van der Waals surface area contributed by atoms with Crippen molar-refractivity contribution in [3.05, 3.63) is 78.1 Å². The fourth-order valence-corrected chi connectivity index (χ4v) is 4.83. The summed E-state index contributed by atoms with van der Waals surface area (Å²) in [6.45, 7) is 5.32. The molecular weight excluding hydrogens is 511 g/mol. The van der Waals surface area contributed by atoms with E-state index in [2.05, 4.69) is 15.3 Å². The number of ether oxygens (including phenoxy) is 1. The van der Waals surface area contributed by atoms with E-state index >= 15 is 0 Å². The molecule has 1 fully saturated rings. The van der Waals surface area contributed by atoms with Crippen LogP contribution in [-0.2, 0) is 4.74 Å². The zero-order valence-electron chi connectivity index (χ0n) is 22.2. The van der Waals surface area contributed by atoms with Crippen molar-refractivity contribution >= 4 is 39.8 Å². The van der Waals surface area contributed by atoms with E-state index in [0.29, 0.717) is 33.2 Å². The van der Waals surface area contributed by atoms with Crippen molar-refractivity contribution < 1.29 is 18.7 Å². The zero-order chi connectivity index (χ0) is 28.2. The first-order valence-electron chi connectivity index (χ1n) is 13.0. The SMILES string of the molecule is CC(C)(C)OC(=O)Nc1cc(-c2cc(C(N)=O)c3nc(C4CC4)n(-c4ccnc5c(F)cccc45)c3c2)ccn1. The number of carbonyl (C=O) groups excluding carboxylic acids is 2. The van der Waals surface area contributed by atoms with Crippen LogP contribution >= 0.6 is 0 Å². The van der Waals surface area contributed by atoms with Crippen LogP contribution in [0.2, 0.25) is 0 Å². The van der Waals surface area contributed by atoms with Gasteiger partial charge in [0.25, 0.3) is 5.91 Å². The Bertz CT molecular complexity index is 1820. The summed E-state index contributed by atoms with van der Waals surface area (Å²) < 4.78 is 22.0. The topological polar surface area (TPSA) is 125 Å². The Balaban J connectivity index is 1.54. The van der Waals surface area contributed by atoms with Gasteiger partial charge < -0.3 is 10.5 Å². The lowest BCUT2D eigenvalue weighted by Crippen LogP contribution is -2.27. The third-order valence-corrected chi connectivity index (χ3v) is 6.66. The van der Waals surface area contributed by atoms with Gasteiger partial charge in [0.05, 0.1) is 16.8 Å². The van der Waals surface area contributed by atoms with Crippen molar-refractivity contribution in [3.63, 3.8) is 0 Å². The van der Waals surface area contributed by atoms with E-state index in [4.69, 9.17) is 15.5 Å². The van der Waals surface area contributed by atoms with Crippen LogP contribution < -0.4 is 11.1 Å². The van der Waals surface area contributed by atoms with Crippen LogP contribution in [0.15, 0.2) is 60.9 Å². The second kappa shape index (κ2) is 9.41. The van der Waals surface area contributed by atoms with Crippen molar-refractivity contribution in [1.82, 2.24) is 19.5 Å². The van der Waals surface area contributed by atoms with Crippen LogP contribution in [0.5, 0.6) is 0 Å². The highest BCUT2D eigenvalue weighted by molar-refractivity contribution is 6.07. The van der Waals surface area contributed by atoms with Crippen LogP contribution in [0.1, 0.15) is 55.7 Å². The fraction of sp³-hybridized carbons (Fsp3) is 0.233. The predicted octanol–water partition coefficient (Wildman–Crippen LogP) is 6.10. The molecule has 3 heterocycles. The summed E-state index contributed by atoms with van der Waals surface area (Å²) in [6, 6.07) is 13.7. The van der Waals surface area contributed by atoms with E-state index < -0.39 is 23.4 Å². The maximum Gasteiger partial charge on any atom is 0.413 e. The molecule has 202 valence electrons. The van der Waals surface area contributed by atoms with Crippen molar-refractivity contribution in [1.29, 1.82) is 0 Å². The molecule has 3 aromatic heterocycles. The molecule has 0 unspecified atom stereocenters. The number of amides is 2. The van der Waals surface area contributed by atoms with Gasteiger partial charge in [0.2, 0.25) is 0 Å². The number of nitrogens with one attached hydrogen (secondary N) is 1. The number of imidazole rings is 1. The second-order valence-electron chi connectivity index (χ2n) is 10.9. The number of nitrogens with two attached hydrogens (primary N) is 1. The third-order valence-electron chi connectivity index (χ3n) is 6.66. The number of pyridine rings is 2. The molecule has 0 saturated heterocycles. The average Bonchev–Trinajstić information content (AvgIpc) is 3.67. The van der Waals surface area contributed by atoms with Crippen LogP contribution in [0.3, 0.4) is 0 Å². The minimum Gasteiger partial charge on any atom is -0.444 e. The molecular formula is C30H27FN6O3. The monoisotopic (exact) mass is 538 g/mol. The van der Waals surface area contributed by atoms with E-state index in [1.807, 2.05) is 22.8 Å². The largest absolute Gasteiger partial charge is 0.444 e. The summed E-state index contributed by atoms with van der Waals surface area (Å²) >= 11 is 0. The lowest BCUT2D eigenvalue weighted by atomic mass is 10.0. The average molecular weight is 539 g/mol. The van der Waals surface area contributed by atoms with Crippen LogP contribution in [0.4, 0.5) is 15.0 Å². The number of halogens is 1. The van der Waals surface area contributed by atoms with Gasteiger partial charge in [0.15, 0.2) is 0 Å². The summed E-state index contributed by atoms with van der Waals surface area (Å²) in [5, 5.41) is 3.28. The number of hydrogen-bond acceptors (Lipinski definition) is 6. The van der Waals surface area contributed by atoms with E-state index in [1.54, 1.807) is 57.4 Å².